The minimum Gasteiger partial charge on any atom is -0.352 e. The summed E-state index contributed by atoms with van der Waals surface area (Å²) in [7, 11) is -2.77. The predicted octanol–water partition coefficient (Wildman–Crippen LogP) is 1.86. The standard InChI is InChI=1S/C18H19F2N3O4S/c1-11-3-4-12(9-16(11)28(26,27)23-18(25)21-2)7-8-22-17(24)14-10-13(19)5-6-15(14)20/h3-6,9-10H,7-8H2,1-2H3,(H,22,24)(H2,21,23,25). The van der Waals surface area contributed by atoms with Crippen LogP contribution in [0, 0.1) is 18.6 Å². The number of carbonyl (C=O) groups is 2. The topological polar surface area (TPSA) is 104 Å². The first-order valence-electron chi connectivity index (χ1n) is 8.21. The van der Waals surface area contributed by atoms with E-state index >= 15 is 0 Å². The molecule has 3 amide bonds. The van der Waals surface area contributed by atoms with Crippen molar-refractivity contribution in [3.05, 3.63) is 64.7 Å². The summed E-state index contributed by atoms with van der Waals surface area (Å²) in [6.45, 7) is 1.65. The molecule has 0 bridgehead atoms. The van der Waals surface area contributed by atoms with Crippen LogP contribution in [0.15, 0.2) is 41.3 Å². The van der Waals surface area contributed by atoms with Gasteiger partial charge in [0.15, 0.2) is 0 Å². The van der Waals surface area contributed by atoms with Crippen LogP contribution in [0.1, 0.15) is 21.5 Å². The number of nitrogens with one attached hydrogen (secondary N) is 3. The van der Waals surface area contributed by atoms with Gasteiger partial charge in [0.25, 0.3) is 15.9 Å². The van der Waals surface area contributed by atoms with Gasteiger partial charge in [-0.1, -0.05) is 12.1 Å². The highest BCUT2D eigenvalue weighted by Crippen LogP contribution is 2.17. The van der Waals surface area contributed by atoms with E-state index in [1.165, 1.54) is 13.1 Å². The third kappa shape index (κ3) is 5.26. The lowest BCUT2D eigenvalue weighted by Gasteiger charge is -2.11. The van der Waals surface area contributed by atoms with Crippen molar-refractivity contribution in [1.29, 1.82) is 0 Å². The smallest absolute Gasteiger partial charge is 0.328 e. The number of urea groups is 1. The maximum absolute atomic E-state index is 13.6. The fraction of sp³-hybridized carbons (Fsp3) is 0.222. The second kappa shape index (κ2) is 8.79. The Morgan fingerprint density at radius 3 is 2.46 bits per heavy atom. The molecule has 0 atom stereocenters. The van der Waals surface area contributed by atoms with Crippen LogP contribution in [0.2, 0.25) is 0 Å². The third-order valence-corrected chi connectivity index (χ3v) is 5.34. The molecule has 150 valence electrons. The molecule has 0 aromatic heterocycles. The van der Waals surface area contributed by atoms with Gasteiger partial charge in [-0.05, 0) is 48.7 Å². The highest BCUT2D eigenvalue weighted by molar-refractivity contribution is 7.90. The molecule has 0 aliphatic rings. The summed E-state index contributed by atoms with van der Waals surface area (Å²) in [6.07, 6.45) is 0.242. The number of rotatable bonds is 6. The number of benzene rings is 2. The van der Waals surface area contributed by atoms with Gasteiger partial charge in [0.2, 0.25) is 0 Å². The molecule has 7 nitrogen and oxygen atoms in total. The van der Waals surface area contributed by atoms with Gasteiger partial charge in [0, 0.05) is 13.6 Å². The Labute approximate surface area is 161 Å². The summed E-state index contributed by atoms with van der Waals surface area (Å²) >= 11 is 0. The lowest BCUT2D eigenvalue weighted by atomic mass is 10.1. The molecule has 2 aromatic rings. The molecule has 2 rings (SSSR count). The van der Waals surface area contributed by atoms with E-state index in [-0.39, 0.29) is 17.9 Å². The lowest BCUT2D eigenvalue weighted by Crippen LogP contribution is -2.37. The Morgan fingerprint density at radius 1 is 1.07 bits per heavy atom. The van der Waals surface area contributed by atoms with E-state index in [0.29, 0.717) is 11.1 Å². The van der Waals surface area contributed by atoms with E-state index in [9.17, 15) is 26.8 Å². The molecule has 2 aromatic carbocycles. The zero-order chi connectivity index (χ0) is 20.9. The fourth-order valence-corrected chi connectivity index (χ4v) is 3.66. The van der Waals surface area contributed by atoms with Crippen LogP contribution in [-0.4, -0.2) is 33.9 Å². The number of hydrogen-bond acceptors (Lipinski definition) is 4. The van der Waals surface area contributed by atoms with Crippen molar-refractivity contribution >= 4 is 22.0 Å². The average molecular weight is 411 g/mol. The molecule has 0 saturated carbocycles. The lowest BCUT2D eigenvalue weighted by molar-refractivity contribution is 0.0949. The van der Waals surface area contributed by atoms with Crippen LogP contribution in [-0.2, 0) is 16.4 Å². The summed E-state index contributed by atoms with van der Waals surface area (Å²) in [6, 6.07) is 6.33. The van der Waals surface area contributed by atoms with E-state index < -0.39 is 39.2 Å². The maximum atomic E-state index is 13.6. The first kappa shape index (κ1) is 21.3. The summed E-state index contributed by atoms with van der Waals surface area (Å²) < 4.78 is 53.2. The van der Waals surface area contributed by atoms with E-state index in [0.717, 1.165) is 18.2 Å². The van der Waals surface area contributed by atoms with Gasteiger partial charge in [0.1, 0.15) is 11.6 Å². The zero-order valence-corrected chi connectivity index (χ0v) is 16.0. The van der Waals surface area contributed by atoms with E-state index in [4.69, 9.17) is 0 Å². The quantitative estimate of drug-likeness (QED) is 0.675. The minimum absolute atomic E-state index is 0.0697. The monoisotopic (exact) mass is 411 g/mol. The van der Waals surface area contributed by atoms with E-state index in [1.54, 1.807) is 19.1 Å². The number of halogens is 2. The van der Waals surface area contributed by atoms with Gasteiger partial charge in [-0.25, -0.2) is 26.7 Å². The van der Waals surface area contributed by atoms with Crippen LogP contribution < -0.4 is 15.4 Å². The Bertz CT molecular complexity index is 1010. The average Bonchev–Trinajstić information content (AvgIpc) is 2.64. The summed E-state index contributed by atoms with van der Waals surface area (Å²) in [4.78, 5) is 23.2. The molecule has 0 fully saturated rings. The second-order valence-electron chi connectivity index (χ2n) is 5.91. The molecule has 0 unspecified atom stereocenters. The summed E-state index contributed by atoms with van der Waals surface area (Å²) in [5.74, 6) is -2.36. The van der Waals surface area contributed by atoms with Crippen molar-refractivity contribution in [3.8, 4) is 0 Å². The van der Waals surface area contributed by atoms with Gasteiger partial charge in [-0.2, -0.15) is 0 Å². The Hall–Kier alpha value is -3.01. The van der Waals surface area contributed by atoms with E-state index in [2.05, 4.69) is 10.6 Å². The molecular formula is C18H19F2N3O4S. The van der Waals surface area contributed by atoms with Crippen LogP contribution in [0.5, 0.6) is 0 Å². The van der Waals surface area contributed by atoms with Crippen molar-refractivity contribution in [3.63, 3.8) is 0 Å². The maximum Gasteiger partial charge on any atom is 0.328 e. The zero-order valence-electron chi connectivity index (χ0n) is 15.2. The number of aryl methyl sites for hydroxylation is 1. The molecule has 0 aliphatic heterocycles. The van der Waals surface area contributed by atoms with Crippen molar-refractivity contribution in [2.75, 3.05) is 13.6 Å². The van der Waals surface area contributed by atoms with Gasteiger partial charge >= 0.3 is 6.03 Å². The van der Waals surface area contributed by atoms with Crippen LogP contribution in [0.25, 0.3) is 0 Å². The van der Waals surface area contributed by atoms with Crippen molar-refractivity contribution in [2.24, 2.45) is 0 Å². The molecule has 10 heteroatoms. The highest BCUT2D eigenvalue weighted by Gasteiger charge is 2.20. The number of sulfonamides is 1. The van der Waals surface area contributed by atoms with E-state index in [1.807, 2.05) is 4.72 Å². The first-order chi connectivity index (χ1) is 13.1. The predicted molar refractivity (Wildman–Crippen MR) is 98.4 cm³/mol. The molecule has 0 saturated heterocycles. The minimum atomic E-state index is -4.06. The van der Waals surface area contributed by atoms with Crippen molar-refractivity contribution in [2.45, 2.75) is 18.2 Å². The molecule has 28 heavy (non-hydrogen) atoms. The van der Waals surface area contributed by atoms with Gasteiger partial charge in [-0.15, -0.1) is 0 Å². The molecule has 0 spiro atoms. The Morgan fingerprint density at radius 2 is 1.79 bits per heavy atom. The van der Waals surface area contributed by atoms with Gasteiger partial charge in [0.05, 0.1) is 10.5 Å². The fourth-order valence-electron chi connectivity index (χ4n) is 2.40. The third-order valence-electron chi connectivity index (χ3n) is 3.87. The molecule has 0 radical (unpaired) electrons. The number of hydrogen-bond donors (Lipinski definition) is 3. The molecular weight excluding hydrogens is 392 g/mol. The van der Waals surface area contributed by atoms with Crippen molar-refractivity contribution < 1.29 is 26.8 Å². The van der Waals surface area contributed by atoms with Crippen LogP contribution >= 0.6 is 0 Å². The van der Waals surface area contributed by atoms with Gasteiger partial charge < -0.3 is 10.6 Å². The van der Waals surface area contributed by atoms with Crippen molar-refractivity contribution in [1.82, 2.24) is 15.4 Å². The van der Waals surface area contributed by atoms with Crippen LogP contribution in [0.4, 0.5) is 13.6 Å². The number of carbonyl (C=O) groups excluding carboxylic acids is 2. The van der Waals surface area contributed by atoms with Gasteiger partial charge in [-0.3, -0.25) is 4.79 Å². The Balaban J connectivity index is 2.08. The van der Waals surface area contributed by atoms with Crippen LogP contribution in [0.3, 0.4) is 0 Å². The summed E-state index contributed by atoms with van der Waals surface area (Å²) in [5, 5.41) is 4.62. The number of amides is 3. The highest BCUT2D eigenvalue weighted by atomic mass is 32.2. The SMILES string of the molecule is CNC(=O)NS(=O)(=O)c1cc(CCNC(=O)c2cc(F)ccc2F)ccc1C. The normalized spacial score (nSPS) is 11.0. The Kier molecular flexibility index (Phi) is 6.68. The molecule has 3 N–H and O–H groups in total. The summed E-state index contributed by atoms with van der Waals surface area (Å²) in [5.41, 5.74) is 0.593. The largest absolute Gasteiger partial charge is 0.352 e. The molecule has 0 heterocycles. The first-order valence-corrected chi connectivity index (χ1v) is 9.69. The molecule has 0 aliphatic carbocycles. The second-order valence-corrected chi connectivity index (χ2v) is 7.57.